The third kappa shape index (κ3) is 2.96. The van der Waals surface area contributed by atoms with Crippen LogP contribution < -0.4 is 5.56 Å². The molecule has 3 aromatic rings. The number of hydrogen-bond acceptors (Lipinski definition) is 4. The molecule has 24 heavy (non-hydrogen) atoms. The van der Waals surface area contributed by atoms with Crippen LogP contribution in [-0.4, -0.2) is 37.5 Å². The van der Waals surface area contributed by atoms with Gasteiger partial charge in [-0.25, -0.2) is 4.98 Å². The van der Waals surface area contributed by atoms with Gasteiger partial charge in [0.2, 0.25) is 0 Å². The van der Waals surface area contributed by atoms with E-state index in [4.69, 9.17) is 0 Å². The van der Waals surface area contributed by atoms with Gasteiger partial charge in [0.1, 0.15) is 5.82 Å². The normalized spacial score (nSPS) is 11.0. The van der Waals surface area contributed by atoms with Crippen LogP contribution in [0, 0.1) is 6.92 Å². The van der Waals surface area contributed by atoms with E-state index in [2.05, 4.69) is 36.1 Å². The summed E-state index contributed by atoms with van der Waals surface area (Å²) in [4.78, 5) is 33.6. The standard InChI is InChI=1S/C16H16BrN5O2/c1-3-22(16(24)14-13(17)9(2)20-21-14)8-12-18-11-7-5-4-6-10(11)15(23)19-12/h4-7H,3,8H2,1-2H3,(H,20,21)(H,18,19,23). The van der Waals surface area contributed by atoms with Gasteiger partial charge >= 0.3 is 0 Å². The van der Waals surface area contributed by atoms with Crippen LogP contribution in [0.15, 0.2) is 33.5 Å². The lowest BCUT2D eigenvalue weighted by atomic mass is 10.2. The van der Waals surface area contributed by atoms with Crippen molar-refractivity contribution in [2.45, 2.75) is 20.4 Å². The van der Waals surface area contributed by atoms with Crippen LogP contribution >= 0.6 is 15.9 Å². The highest BCUT2D eigenvalue weighted by molar-refractivity contribution is 9.10. The largest absolute Gasteiger partial charge is 0.330 e. The molecule has 0 aliphatic carbocycles. The van der Waals surface area contributed by atoms with E-state index in [1.807, 2.05) is 19.9 Å². The van der Waals surface area contributed by atoms with Gasteiger partial charge in [-0.3, -0.25) is 14.7 Å². The zero-order valence-electron chi connectivity index (χ0n) is 13.3. The molecule has 0 saturated heterocycles. The summed E-state index contributed by atoms with van der Waals surface area (Å²) in [6.07, 6.45) is 0. The van der Waals surface area contributed by atoms with Gasteiger partial charge in [-0.05, 0) is 41.9 Å². The van der Waals surface area contributed by atoms with Crippen LogP contribution in [0.5, 0.6) is 0 Å². The van der Waals surface area contributed by atoms with Crippen LogP contribution in [0.1, 0.15) is 28.9 Å². The van der Waals surface area contributed by atoms with Crippen LogP contribution in [0.3, 0.4) is 0 Å². The Balaban J connectivity index is 1.92. The summed E-state index contributed by atoms with van der Waals surface area (Å²) < 4.78 is 0.644. The summed E-state index contributed by atoms with van der Waals surface area (Å²) in [7, 11) is 0. The lowest BCUT2D eigenvalue weighted by molar-refractivity contribution is 0.0741. The minimum atomic E-state index is -0.232. The van der Waals surface area contributed by atoms with E-state index in [0.717, 1.165) is 5.69 Å². The SMILES string of the molecule is CCN(Cc1nc2ccccc2c(=O)[nH]1)C(=O)c1n[nH]c(C)c1Br. The first-order valence-corrected chi connectivity index (χ1v) is 8.28. The lowest BCUT2D eigenvalue weighted by Crippen LogP contribution is -2.32. The summed E-state index contributed by atoms with van der Waals surface area (Å²) >= 11 is 3.36. The molecule has 3 rings (SSSR count). The van der Waals surface area contributed by atoms with Crippen LogP contribution in [0.4, 0.5) is 0 Å². The number of fused-ring (bicyclic) bond motifs is 1. The molecule has 0 fully saturated rings. The fourth-order valence-corrected chi connectivity index (χ4v) is 2.77. The number of hydrogen-bond donors (Lipinski definition) is 2. The van der Waals surface area contributed by atoms with Crippen molar-refractivity contribution in [3.8, 4) is 0 Å². The molecule has 124 valence electrons. The number of aromatic amines is 2. The van der Waals surface area contributed by atoms with Gasteiger partial charge in [-0.2, -0.15) is 5.10 Å². The molecule has 0 atom stereocenters. The maximum atomic E-state index is 12.7. The first-order valence-electron chi connectivity index (χ1n) is 7.49. The molecule has 0 saturated carbocycles. The summed E-state index contributed by atoms with van der Waals surface area (Å²) in [6.45, 7) is 4.36. The van der Waals surface area contributed by atoms with Crippen molar-refractivity contribution in [2.75, 3.05) is 6.54 Å². The van der Waals surface area contributed by atoms with Crippen molar-refractivity contribution in [3.05, 3.63) is 56.3 Å². The van der Waals surface area contributed by atoms with Gasteiger partial charge in [0.25, 0.3) is 11.5 Å². The quantitative estimate of drug-likeness (QED) is 0.715. The Labute approximate surface area is 146 Å². The van der Waals surface area contributed by atoms with E-state index in [1.165, 1.54) is 0 Å². The molecule has 0 unspecified atom stereocenters. The van der Waals surface area contributed by atoms with E-state index in [-0.39, 0.29) is 18.0 Å². The first kappa shape index (κ1) is 16.4. The molecule has 0 radical (unpaired) electrons. The first-order chi connectivity index (χ1) is 11.5. The highest BCUT2D eigenvalue weighted by Gasteiger charge is 2.22. The zero-order chi connectivity index (χ0) is 17.3. The van der Waals surface area contributed by atoms with Gasteiger partial charge in [-0.15, -0.1) is 0 Å². The second-order valence-electron chi connectivity index (χ2n) is 5.36. The zero-order valence-corrected chi connectivity index (χ0v) is 14.8. The minimum absolute atomic E-state index is 0.202. The van der Waals surface area contributed by atoms with Gasteiger partial charge in [0.05, 0.1) is 21.9 Å². The van der Waals surface area contributed by atoms with Crippen molar-refractivity contribution in [2.24, 2.45) is 0 Å². The van der Waals surface area contributed by atoms with E-state index >= 15 is 0 Å². The Morgan fingerprint density at radius 1 is 1.33 bits per heavy atom. The van der Waals surface area contributed by atoms with E-state index < -0.39 is 0 Å². The Bertz CT molecular complexity index is 963. The molecule has 0 aliphatic heterocycles. The summed E-state index contributed by atoms with van der Waals surface area (Å²) in [5.41, 5.74) is 1.50. The molecule has 8 heteroatoms. The maximum Gasteiger partial charge on any atom is 0.275 e. The second kappa shape index (κ2) is 6.56. The number of nitrogens with zero attached hydrogens (tertiary/aromatic N) is 3. The van der Waals surface area contributed by atoms with Gasteiger partial charge < -0.3 is 9.88 Å². The molecule has 1 aromatic carbocycles. The molecule has 1 amide bonds. The molecule has 2 heterocycles. The maximum absolute atomic E-state index is 12.7. The highest BCUT2D eigenvalue weighted by Crippen LogP contribution is 2.20. The molecule has 2 aromatic heterocycles. The Morgan fingerprint density at radius 3 is 2.75 bits per heavy atom. The topological polar surface area (TPSA) is 94.7 Å². The monoisotopic (exact) mass is 389 g/mol. The number of benzene rings is 1. The molecule has 0 bridgehead atoms. The van der Waals surface area contributed by atoms with E-state index in [9.17, 15) is 9.59 Å². The number of nitrogens with one attached hydrogen (secondary N) is 2. The Kier molecular flexibility index (Phi) is 4.48. The number of carbonyl (C=O) groups is 1. The minimum Gasteiger partial charge on any atom is -0.330 e. The number of aromatic nitrogens is 4. The van der Waals surface area contributed by atoms with Crippen molar-refractivity contribution in [3.63, 3.8) is 0 Å². The number of carbonyl (C=O) groups excluding carboxylic acids is 1. The third-order valence-corrected chi connectivity index (χ3v) is 4.72. The number of H-pyrrole nitrogens is 2. The van der Waals surface area contributed by atoms with E-state index in [1.54, 1.807) is 23.1 Å². The Morgan fingerprint density at radius 2 is 2.08 bits per heavy atom. The second-order valence-corrected chi connectivity index (χ2v) is 6.15. The summed E-state index contributed by atoms with van der Waals surface area (Å²) in [5, 5.41) is 7.34. The molecule has 0 aliphatic rings. The third-order valence-electron chi connectivity index (χ3n) is 3.75. The van der Waals surface area contributed by atoms with Crippen molar-refractivity contribution in [1.82, 2.24) is 25.1 Å². The van der Waals surface area contributed by atoms with E-state index in [0.29, 0.717) is 33.4 Å². The fraction of sp³-hybridized carbons (Fsp3) is 0.250. The van der Waals surface area contributed by atoms with Crippen molar-refractivity contribution >= 4 is 32.7 Å². The van der Waals surface area contributed by atoms with Crippen LogP contribution in [0.25, 0.3) is 10.9 Å². The summed E-state index contributed by atoms with van der Waals surface area (Å²) in [6, 6.07) is 7.11. The summed E-state index contributed by atoms with van der Waals surface area (Å²) in [5.74, 6) is 0.210. The highest BCUT2D eigenvalue weighted by atomic mass is 79.9. The average molecular weight is 390 g/mol. The predicted octanol–water partition coefficient (Wildman–Crippen LogP) is 2.38. The smallest absolute Gasteiger partial charge is 0.275 e. The molecular weight excluding hydrogens is 374 g/mol. The van der Waals surface area contributed by atoms with Gasteiger partial charge in [-0.1, -0.05) is 12.1 Å². The Hall–Kier alpha value is -2.48. The van der Waals surface area contributed by atoms with Crippen LogP contribution in [-0.2, 0) is 6.54 Å². The number of amides is 1. The number of halogens is 1. The van der Waals surface area contributed by atoms with Gasteiger partial charge in [0.15, 0.2) is 5.69 Å². The fourth-order valence-electron chi connectivity index (χ4n) is 2.42. The molecule has 7 nitrogen and oxygen atoms in total. The average Bonchev–Trinajstić information content (AvgIpc) is 2.91. The van der Waals surface area contributed by atoms with Gasteiger partial charge in [0, 0.05) is 12.2 Å². The van der Waals surface area contributed by atoms with Crippen LogP contribution in [0.2, 0.25) is 0 Å². The lowest BCUT2D eigenvalue weighted by Gasteiger charge is -2.19. The number of rotatable bonds is 4. The number of aryl methyl sites for hydroxylation is 1. The molecule has 2 N–H and O–H groups in total. The van der Waals surface area contributed by atoms with Crippen molar-refractivity contribution < 1.29 is 4.79 Å². The van der Waals surface area contributed by atoms with Crippen molar-refractivity contribution in [1.29, 1.82) is 0 Å². The molecular formula is C16H16BrN5O2. The number of para-hydroxylation sites is 1. The molecule has 0 spiro atoms. The predicted molar refractivity (Wildman–Crippen MR) is 93.8 cm³/mol.